The topological polar surface area (TPSA) is 78.9 Å². The summed E-state index contributed by atoms with van der Waals surface area (Å²) in [6.07, 6.45) is 4.47. The highest BCUT2D eigenvalue weighted by atomic mass is 16.7. The molecule has 0 atom stereocenters. The molecule has 0 aliphatic heterocycles. The van der Waals surface area contributed by atoms with E-state index < -0.39 is 18.2 Å². The van der Waals surface area contributed by atoms with Crippen LogP contribution >= 0.6 is 0 Å². The van der Waals surface area contributed by atoms with Gasteiger partial charge in [0.2, 0.25) is 0 Å². The number of carbonyl (C=O) groups excluding carboxylic acids is 3. The van der Waals surface area contributed by atoms with Gasteiger partial charge in [-0.25, -0.2) is 0 Å². The predicted octanol–water partition coefficient (Wildman–Crippen LogP) is 10.8. The summed E-state index contributed by atoms with van der Waals surface area (Å²) in [6, 6.07) is 26.9. The van der Waals surface area contributed by atoms with E-state index in [9.17, 15) is 14.4 Å². The van der Waals surface area contributed by atoms with Crippen molar-refractivity contribution in [1.82, 2.24) is 0 Å². The van der Waals surface area contributed by atoms with Crippen LogP contribution in [0, 0.1) is 34.6 Å². The number of hydrogen-bond acceptors (Lipinski definition) is 6. The van der Waals surface area contributed by atoms with Crippen molar-refractivity contribution in [1.29, 1.82) is 0 Å². The summed E-state index contributed by atoms with van der Waals surface area (Å²) in [7, 11) is 1.43. The highest BCUT2D eigenvalue weighted by Crippen LogP contribution is 2.23. The van der Waals surface area contributed by atoms with Crippen molar-refractivity contribution in [2.75, 3.05) is 7.11 Å². The average Bonchev–Trinajstić information content (AvgIpc) is 3.12. The van der Waals surface area contributed by atoms with Crippen molar-refractivity contribution in [3.63, 3.8) is 0 Å². The zero-order chi connectivity index (χ0) is 39.2. The molecule has 4 rings (SSSR count). The van der Waals surface area contributed by atoms with Crippen LogP contribution in [0.15, 0.2) is 78.9 Å². The van der Waals surface area contributed by atoms with Gasteiger partial charge in [-0.15, -0.1) is 0 Å². The molecule has 0 saturated heterocycles. The van der Waals surface area contributed by atoms with Gasteiger partial charge in [-0.2, -0.15) is 0 Å². The first kappa shape index (κ1) is 45.3. The van der Waals surface area contributed by atoms with Gasteiger partial charge in [-0.1, -0.05) is 100 Å². The van der Waals surface area contributed by atoms with Gasteiger partial charge in [0.05, 0.1) is 7.11 Å². The van der Waals surface area contributed by atoms with E-state index in [1.54, 1.807) is 6.07 Å². The summed E-state index contributed by atoms with van der Waals surface area (Å²) >= 11 is 0. The van der Waals surface area contributed by atoms with Crippen LogP contribution in [0.1, 0.15) is 115 Å². The first-order chi connectivity index (χ1) is 24.7. The van der Waals surface area contributed by atoms with Crippen LogP contribution in [-0.4, -0.2) is 25.0 Å². The van der Waals surface area contributed by atoms with Crippen molar-refractivity contribution < 1.29 is 28.6 Å². The summed E-state index contributed by atoms with van der Waals surface area (Å²) in [4.78, 5) is 33.1. The SMILES string of the molecule is CCc1cc(C(OC(C)=O)OC(C)=O)ccc1C.CCc1cccc(C)c1C.CCc1cccc(CCC(=O)OC)c1C.CCc1ccccc1C. The van der Waals surface area contributed by atoms with Crippen molar-refractivity contribution in [2.24, 2.45) is 0 Å². The number of rotatable bonds is 10. The van der Waals surface area contributed by atoms with E-state index in [2.05, 4.69) is 114 Å². The van der Waals surface area contributed by atoms with E-state index in [4.69, 9.17) is 9.47 Å². The number of aryl methyl sites for hydroxylation is 8. The fraction of sp³-hybridized carbons (Fsp3) is 0.413. The van der Waals surface area contributed by atoms with Crippen LogP contribution < -0.4 is 0 Å². The molecule has 0 aliphatic carbocycles. The molecule has 0 saturated carbocycles. The smallest absolute Gasteiger partial charge is 0.305 e. The van der Waals surface area contributed by atoms with Gasteiger partial charge in [0.15, 0.2) is 0 Å². The normalized spacial score (nSPS) is 10.0. The monoisotopic (exact) mass is 710 g/mol. The number of hydrogen-bond donors (Lipinski definition) is 0. The van der Waals surface area contributed by atoms with E-state index in [1.165, 1.54) is 65.5 Å². The Morgan fingerprint density at radius 1 is 0.538 bits per heavy atom. The highest BCUT2D eigenvalue weighted by molar-refractivity contribution is 5.69. The summed E-state index contributed by atoms with van der Waals surface area (Å²) in [6.45, 7) is 21.8. The maximum absolute atomic E-state index is 11.0. The Kier molecular flexibility index (Phi) is 21.3. The molecule has 0 N–H and O–H groups in total. The summed E-state index contributed by atoms with van der Waals surface area (Å²) < 4.78 is 14.6. The Morgan fingerprint density at radius 3 is 1.48 bits per heavy atom. The Labute approximate surface area is 313 Å². The van der Waals surface area contributed by atoms with Gasteiger partial charge in [0.1, 0.15) is 0 Å². The average molecular weight is 711 g/mol. The molecule has 0 unspecified atom stereocenters. The van der Waals surface area contributed by atoms with Crippen molar-refractivity contribution in [3.8, 4) is 0 Å². The molecule has 0 radical (unpaired) electrons. The molecule has 6 nitrogen and oxygen atoms in total. The van der Waals surface area contributed by atoms with Crippen molar-refractivity contribution in [2.45, 2.75) is 121 Å². The predicted molar refractivity (Wildman–Crippen MR) is 214 cm³/mol. The lowest BCUT2D eigenvalue weighted by molar-refractivity contribution is -0.186. The zero-order valence-corrected chi connectivity index (χ0v) is 33.8. The number of methoxy groups -OCH3 is 1. The molecular weight excluding hydrogens is 649 g/mol. The van der Waals surface area contributed by atoms with Crippen LogP contribution in [0.5, 0.6) is 0 Å². The van der Waals surface area contributed by atoms with Gasteiger partial charge in [-0.3, -0.25) is 14.4 Å². The summed E-state index contributed by atoms with van der Waals surface area (Å²) in [5.74, 6) is -1.11. The minimum atomic E-state index is -0.967. The Bertz CT molecular complexity index is 1690. The second-order valence-corrected chi connectivity index (χ2v) is 12.7. The number of ether oxygens (including phenoxy) is 3. The zero-order valence-electron chi connectivity index (χ0n) is 33.8. The lowest BCUT2D eigenvalue weighted by Gasteiger charge is -2.18. The molecule has 52 heavy (non-hydrogen) atoms. The van der Waals surface area contributed by atoms with E-state index in [0.717, 1.165) is 43.2 Å². The van der Waals surface area contributed by atoms with E-state index in [1.807, 2.05) is 26.0 Å². The van der Waals surface area contributed by atoms with Crippen LogP contribution in [0.4, 0.5) is 0 Å². The van der Waals surface area contributed by atoms with Crippen molar-refractivity contribution in [3.05, 3.63) is 140 Å². The minimum absolute atomic E-state index is 0.142. The molecule has 0 bridgehead atoms. The van der Waals surface area contributed by atoms with Gasteiger partial charge in [-0.05, 0) is 128 Å². The molecule has 4 aromatic rings. The third-order valence-corrected chi connectivity index (χ3v) is 9.08. The van der Waals surface area contributed by atoms with Crippen LogP contribution in [0.2, 0.25) is 0 Å². The number of esters is 3. The van der Waals surface area contributed by atoms with E-state index in [0.29, 0.717) is 12.0 Å². The van der Waals surface area contributed by atoms with Crippen molar-refractivity contribution >= 4 is 17.9 Å². The Hall–Kier alpha value is -4.71. The van der Waals surface area contributed by atoms with Crippen LogP contribution in [-0.2, 0) is 60.7 Å². The second kappa shape index (κ2) is 24.5. The fourth-order valence-corrected chi connectivity index (χ4v) is 5.61. The molecular formula is C46H62O6. The van der Waals surface area contributed by atoms with E-state index >= 15 is 0 Å². The van der Waals surface area contributed by atoms with Gasteiger partial charge in [0, 0.05) is 25.8 Å². The maximum atomic E-state index is 11.0. The molecule has 0 fully saturated rings. The third kappa shape index (κ3) is 16.1. The first-order valence-electron chi connectivity index (χ1n) is 18.4. The second-order valence-electron chi connectivity index (χ2n) is 12.7. The molecule has 0 spiro atoms. The molecule has 0 heterocycles. The van der Waals surface area contributed by atoms with Gasteiger partial charge in [0.25, 0.3) is 6.29 Å². The molecule has 0 aliphatic rings. The van der Waals surface area contributed by atoms with Gasteiger partial charge < -0.3 is 14.2 Å². The largest absolute Gasteiger partial charge is 0.469 e. The van der Waals surface area contributed by atoms with Crippen LogP contribution in [0.25, 0.3) is 0 Å². The Balaban J connectivity index is 0.000000359. The molecule has 0 aromatic heterocycles. The molecule has 282 valence electrons. The quantitative estimate of drug-likeness (QED) is 0.120. The number of benzene rings is 4. The lowest BCUT2D eigenvalue weighted by atomic mass is 9.97. The number of carbonyl (C=O) groups is 3. The fourth-order valence-electron chi connectivity index (χ4n) is 5.61. The lowest BCUT2D eigenvalue weighted by Crippen LogP contribution is -2.15. The van der Waals surface area contributed by atoms with Gasteiger partial charge >= 0.3 is 17.9 Å². The first-order valence-corrected chi connectivity index (χ1v) is 18.4. The van der Waals surface area contributed by atoms with E-state index in [-0.39, 0.29) is 5.97 Å². The maximum Gasteiger partial charge on any atom is 0.305 e. The molecule has 0 amide bonds. The third-order valence-electron chi connectivity index (χ3n) is 9.08. The highest BCUT2D eigenvalue weighted by Gasteiger charge is 2.18. The standard InChI is InChI=1S/C14H18O4.C13H18O2.C10H14.C9H12/c1-5-12-8-13(7-6-9(12)2)14(17-10(3)15)18-11(4)16;1-4-11-6-5-7-12(10(11)2)8-9-13(14)15-3;1-4-10-7-5-6-8(2)9(10)3;1-3-9-7-5-4-6-8(9)2/h6-8,14H,5H2,1-4H3;5-7H,4,8-9H2,1-3H3;5-7H,4H2,1-3H3;4-7H,3H2,1-2H3. The Morgan fingerprint density at radius 2 is 1.00 bits per heavy atom. The summed E-state index contributed by atoms with van der Waals surface area (Å²) in [5.41, 5.74) is 14.1. The van der Waals surface area contributed by atoms with Crippen LogP contribution in [0.3, 0.4) is 0 Å². The molecule has 6 heteroatoms. The minimum Gasteiger partial charge on any atom is -0.469 e. The molecule has 4 aromatic carbocycles. The summed E-state index contributed by atoms with van der Waals surface area (Å²) in [5, 5.41) is 0.